The highest BCUT2D eigenvalue weighted by Crippen LogP contribution is 2.41. The molecule has 0 radical (unpaired) electrons. The fourth-order valence-corrected chi connectivity index (χ4v) is 1.99. The lowest BCUT2D eigenvalue weighted by molar-refractivity contribution is -0.385. The minimum atomic E-state index is -0.542. The number of aromatic nitrogens is 2. The summed E-state index contributed by atoms with van der Waals surface area (Å²) in [6.45, 7) is 0.304. The molecule has 8 heteroatoms. The van der Waals surface area contributed by atoms with E-state index in [0.29, 0.717) is 18.1 Å². The maximum absolute atomic E-state index is 11.2. The van der Waals surface area contributed by atoms with Gasteiger partial charge >= 0.3 is 5.69 Å². The van der Waals surface area contributed by atoms with Crippen LogP contribution in [0.3, 0.4) is 0 Å². The highest BCUT2D eigenvalue weighted by molar-refractivity contribution is 5.62. The zero-order valence-corrected chi connectivity index (χ0v) is 11.4. The molecule has 0 aliphatic heterocycles. The van der Waals surface area contributed by atoms with Gasteiger partial charge in [0, 0.05) is 5.92 Å². The molecule has 3 rings (SSSR count). The van der Waals surface area contributed by atoms with Crippen LogP contribution < -0.4 is 10.1 Å². The summed E-state index contributed by atoms with van der Waals surface area (Å²) in [4.78, 5) is 19.1. The fourth-order valence-electron chi connectivity index (χ4n) is 1.99. The summed E-state index contributed by atoms with van der Waals surface area (Å²) in [7, 11) is 1.36. The molecule has 0 amide bonds. The van der Waals surface area contributed by atoms with Gasteiger partial charge in [0.2, 0.25) is 5.82 Å². The van der Waals surface area contributed by atoms with E-state index in [1.165, 1.54) is 7.11 Å². The van der Waals surface area contributed by atoms with Crippen molar-refractivity contribution in [3.05, 3.63) is 40.1 Å². The minimum Gasteiger partial charge on any atom is -0.476 e. The van der Waals surface area contributed by atoms with Crippen molar-refractivity contribution >= 4 is 11.5 Å². The van der Waals surface area contributed by atoms with Crippen LogP contribution in [0.15, 0.2) is 22.8 Å². The van der Waals surface area contributed by atoms with E-state index in [1.54, 1.807) is 18.4 Å². The van der Waals surface area contributed by atoms with E-state index in [1.807, 2.05) is 0 Å². The van der Waals surface area contributed by atoms with E-state index >= 15 is 0 Å². The normalized spacial score (nSPS) is 14.0. The van der Waals surface area contributed by atoms with E-state index in [4.69, 9.17) is 9.15 Å². The summed E-state index contributed by atoms with van der Waals surface area (Å²) < 4.78 is 10.2. The summed E-state index contributed by atoms with van der Waals surface area (Å²) in [5.41, 5.74) is -0.256. The first-order valence-corrected chi connectivity index (χ1v) is 6.55. The van der Waals surface area contributed by atoms with Crippen LogP contribution in [0.25, 0.3) is 0 Å². The monoisotopic (exact) mass is 290 g/mol. The number of rotatable bonds is 6. The second-order valence-electron chi connectivity index (χ2n) is 4.75. The van der Waals surface area contributed by atoms with Gasteiger partial charge in [-0.3, -0.25) is 10.1 Å². The lowest BCUT2D eigenvalue weighted by Crippen LogP contribution is -2.09. The molecule has 0 atom stereocenters. The Hall–Kier alpha value is -2.64. The molecule has 21 heavy (non-hydrogen) atoms. The number of nitrogens with one attached hydrogen (secondary N) is 1. The van der Waals surface area contributed by atoms with Gasteiger partial charge < -0.3 is 14.5 Å². The van der Waals surface area contributed by atoms with E-state index in [9.17, 15) is 10.1 Å². The third-order valence-electron chi connectivity index (χ3n) is 3.20. The Bertz CT molecular complexity index is 652. The molecule has 0 spiro atoms. The SMILES string of the molecule is COc1nc(C2CC2)nc(NCc2ccco2)c1[N+](=O)[O-]. The molecule has 1 fully saturated rings. The third-order valence-corrected chi connectivity index (χ3v) is 3.20. The van der Waals surface area contributed by atoms with E-state index < -0.39 is 4.92 Å². The maximum Gasteiger partial charge on any atom is 0.372 e. The van der Waals surface area contributed by atoms with Gasteiger partial charge in [0.05, 0.1) is 24.8 Å². The topological polar surface area (TPSA) is 103 Å². The van der Waals surface area contributed by atoms with Crippen molar-refractivity contribution in [3.8, 4) is 5.88 Å². The van der Waals surface area contributed by atoms with Gasteiger partial charge in [-0.05, 0) is 25.0 Å². The summed E-state index contributed by atoms with van der Waals surface area (Å²) in [6.07, 6.45) is 3.54. The molecule has 0 unspecified atom stereocenters. The number of ether oxygens (including phenoxy) is 1. The number of hydrogen-bond acceptors (Lipinski definition) is 7. The Morgan fingerprint density at radius 2 is 2.33 bits per heavy atom. The lowest BCUT2D eigenvalue weighted by atomic mass is 10.3. The average Bonchev–Trinajstić information content (AvgIpc) is 3.20. The number of nitrogens with zero attached hydrogens (tertiary/aromatic N) is 3. The molecule has 2 aromatic heterocycles. The maximum atomic E-state index is 11.2. The Labute approximate surface area is 120 Å². The van der Waals surface area contributed by atoms with Gasteiger partial charge in [0.15, 0.2) is 0 Å². The number of methoxy groups -OCH3 is 1. The number of furan rings is 1. The predicted octanol–water partition coefficient (Wildman–Crippen LogP) is 2.48. The van der Waals surface area contributed by atoms with Gasteiger partial charge in [-0.25, -0.2) is 4.98 Å². The molecule has 1 N–H and O–H groups in total. The van der Waals surface area contributed by atoms with Crippen molar-refractivity contribution in [2.45, 2.75) is 25.3 Å². The lowest BCUT2D eigenvalue weighted by Gasteiger charge is -2.09. The van der Waals surface area contributed by atoms with Crippen LogP contribution in [0.1, 0.15) is 30.3 Å². The van der Waals surface area contributed by atoms with Crippen LogP contribution in [0.5, 0.6) is 5.88 Å². The smallest absolute Gasteiger partial charge is 0.372 e. The first-order chi connectivity index (χ1) is 10.2. The summed E-state index contributed by atoms with van der Waals surface area (Å²) in [5, 5.41) is 14.2. The molecule has 1 aliphatic carbocycles. The fraction of sp³-hybridized carbons (Fsp3) is 0.385. The Kier molecular flexibility index (Phi) is 3.43. The Morgan fingerprint density at radius 1 is 1.52 bits per heavy atom. The zero-order chi connectivity index (χ0) is 14.8. The highest BCUT2D eigenvalue weighted by atomic mass is 16.6. The highest BCUT2D eigenvalue weighted by Gasteiger charge is 2.32. The molecule has 0 bridgehead atoms. The second-order valence-corrected chi connectivity index (χ2v) is 4.75. The van der Waals surface area contributed by atoms with Crippen LogP contribution in [-0.2, 0) is 6.54 Å². The second kappa shape index (κ2) is 5.39. The van der Waals surface area contributed by atoms with Crippen molar-refractivity contribution < 1.29 is 14.1 Å². The van der Waals surface area contributed by atoms with Crippen LogP contribution in [0.2, 0.25) is 0 Å². The standard InChI is InChI=1S/C13H14N4O4/c1-20-13-10(17(18)19)12(14-7-9-3-2-6-21-9)15-11(16-13)8-4-5-8/h2-3,6,8H,4-5,7H2,1H3,(H,14,15,16). The molecule has 8 nitrogen and oxygen atoms in total. The van der Waals surface area contributed by atoms with Crippen molar-refractivity contribution in [1.82, 2.24) is 9.97 Å². The predicted molar refractivity (Wildman–Crippen MR) is 73.2 cm³/mol. The molecule has 110 valence electrons. The quantitative estimate of drug-likeness (QED) is 0.643. The summed E-state index contributed by atoms with van der Waals surface area (Å²) in [5.74, 6) is 1.65. The van der Waals surface area contributed by atoms with Crippen LogP contribution in [0, 0.1) is 10.1 Å². The van der Waals surface area contributed by atoms with Crippen molar-refractivity contribution in [2.75, 3.05) is 12.4 Å². The largest absolute Gasteiger partial charge is 0.476 e. The third kappa shape index (κ3) is 2.78. The molecule has 0 aromatic carbocycles. The summed E-state index contributed by atoms with van der Waals surface area (Å²) >= 11 is 0. The molecule has 1 saturated carbocycles. The molecule has 2 aromatic rings. The zero-order valence-electron chi connectivity index (χ0n) is 11.4. The van der Waals surface area contributed by atoms with Crippen molar-refractivity contribution in [3.63, 3.8) is 0 Å². The van der Waals surface area contributed by atoms with E-state index in [-0.39, 0.29) is 23.3 Å². The molecular weight excluding hydrogens is 276 g/mol. The minimum absolute atomic E-state index is 0.0150. The molecule has 2 heterocycles. The molecule has 0 saturated heterocycles. The number of nitro groups is 1. The van der Waals surface area contributed by atoms with Gasteiger partial charge in [-0.2, -0.15) is 4.98 Å². The Morgan fingerprint density at radius 3 is 2.90 bits per heavy atom. The van der Waals surface area contributed by atoms with E-state index in [2.05, 4.69) is 15.3 Å². The summed E-state index contributed by atoms with van der Waals surface area (Å²) in [6, 6.07) is 3.53. The van der Waals surface area contributed by atoms with Crippen LogP contribution >= 0.6 is 0 Å². The molecule has 1 aliphatic rings. The van der Waals surface area contributed by atoms with Gasteiger partial charge in [-0.15, -0.1) is 0 Å². The van der Waals surface area contributed by atoms with Gasteiger partial charge in [0.1, 0.15) is 11.6 Å². The first-order valence-electron chi connectivity index (χ1n) is 6.55. The Balaban J connectivity index is 1.94. The average molecular weight is 290 g/mol. The van der Waals surface area contributed by atoms with Gasteiger partial charge in [-0.1, -0.05) is 0 Å². The van der Waals surface area contributed by atoms with E-state index in [0.717, 1.165) is 12.8 Å². The van der Waals surface area contributed by atoms with Crippen LogP contribution in [0.4, 0.5) is 11.5 Å². The van der Waals surface area contributed by atoms with Crippen molar-refractivity contribution in [1.29, 1.82) is 0 Å². The van der Waals surface area contributed by atoms with Crippen molar-refractivity contribution in [2.24, 2.45) is 0 Å². The number of anilines is 1. The van der Waals surface area contributed by atoms with Gasteiger partial charge in [0.25, 0.3) is 5.88 Å². The van der Waals surface area contributed by atoms with Crippen LogP contribution in [-0.4, -0.2) is 22.0 Å². The number of hydrogen-bond donors (Lipinski definition) is 1. The molecular formula is C13H14N4O4. The first kappa shape index (κ1) is 13.3.